The number of primary amides is 2. The van der Waals surface area contributed by atoms with E-state index in [2.05, 4.69) is 58.5 Å². The summed E-state index contributed by atoms with van der Waals surface area (Å²) in [6.07, 6.45) is -5.96. The van der Waals surface area contributed by atoms with Crippen LogP contribution in [0.4, 0.5) is 0 Å². The van der Waals surface area contributed by atoms with E-state index in [-0.39, 0.29) is 95.3 Å². The summed E-state index contributed by atoms with van der Waals surface area (Å²) in [4.78, 5) is 231. The topological polar surface area (TPSA) is 631 Å². The van der Waals surface area contributed by atoms with Gasteiger partial charge in [-0.2, -0.15) is 0 Å². The number of carboxylic acid groups (broad SMARTS) is 3. The predicted molar refractivity (Wildman–Crippen MR) is 370 cm³/mol. The standard InChI is InChI=1S/C68H92N16O22/c69-26-6-4-11-42-59(96)80-47(29-36-9-2-1-3-10-36)64(101)82-49(65(102)79-45(68(105)106)23-25-57(93)94)34-54(89)73-27-7-5-12-43(60(97)81-48(63(100)76-42)31-38-16-20-40(86)21-17-38)78-66(103)51-13-8-28-84(51)67(104)50(33-53(72)88)83-61(98)44(22-24-56(91)92)77-62(99)46(30-37-14-18-39(85)19-15-37)75-55(90)35-74-58(95)41(70)32-52(71)87/h1-3,9-10,14-21,41-51,85-86H,4-8,11-13,22-35,69-70H2,(H2,71,87)(H2,72,88)(H,73,89)(H,74,95)(H,75,90)(H,76,100)(H,77,99)(H,78,103)(H,79,102)(H,80,96)(H,81,97)(H,82,101)(H,83,98)(H,91,92)(H,93,94)(H,105,106)/t41-,42+,43+,44-,45-,46-,47+,48+,49+,50-,51+/m1/s1. The zero-order valence-corrected chi connectivity index (χ0v) is 57.8. The smallest absolute Gasteiger partial charge is 0.326 e. The van der Waals surface area contributed by atoms with Gasteiger partial charge in [-0.1, -0.05) is 54.6 Å². The number of aromatic hydroxyl groups is 2. The minimum absolute atomic E-state index is 0.0121. The fourth-order valence-electron chi connectivity index (χ4n) is 11.4. The quantitative estimate of drug-likeness (QED) is 0.0248. The first kappa shape index (κ1) is 84.8. The zero-order valence-electron chi connectivity index (χ0n) is 57.8. The highest BCUT2D eigenvalue weighted by Gasteiger charge is 2.42. The van der Waals surface area contributed by atoms with Crippen molar-refractivity contribution in [1.82, 2.24) is 63.4 Å². The van der Waals surface area contributed by atoms with Crippen LogP contribution in [-0.2, 0) is 101 Å². The number of rotatable bonds is 34. The van der Waals surface area contributed by atoms with Crippen molar-refractivity contribution in [3.8, 4) is 11.5 Å². The van der Waals surface area contributed by atoms with Crippen molar-refractivity contribution in [3.05, 3.63) is 95.6 Å². The highest BCUT2D eigenvalue weighted by molar-refractivity contribution is 6.01. The maximum absolute atomic E-state index is 14.9. The number of amides is 14. The van der Waals surface area contributed by atoms with Crippen LogP contribution >= 0.6 is 0 Å². The largest absolute Gasteiger partial charge is 0.508 e. The fraction of sp³-hybridized carbons (Fsp3) is 0.485. The molecule has 2 aliphatic heterocycles. The summed E-state index contributed by atoms with van der Waals surface area (Å²) in [5.41, 5.74) is 23.4. The normalized spacial score (nSPS) is 19.7. The van der Waals surface area contributed by atoms with Gasteiger partial charge in [0.1, 0.15) is 71.9 Å². The minimum Gasteiger partial charge on any atom is -0.508 e. The van der Waals surface area contributed by atoms with Crippen LogP contribution in [-0.4, -0.2) is 224 Å². The van der Waals surface area contributed by atoms with Crippen molar-refractivity contribution < 1.29 is 107 Å². The molecule has 5 rings (SSSR count). The van der Waals surface area contributed by atoms with E-state index < -0.39 is 219 Å². The molecule has 3 aromatic carbocycles. The molecular formula is C68H92N16O22. The van der Waals surface area contributed by atoms with Gasteiger partial charge >= 0.3 is 17.9 Å². The van der Waals surface area contributed by atoms with Crippen LogP contribution in [0.5, 0.6) is 11.5 Å². The number of aliphatic carboxylic acids is 3. The van der Waals surface area contributed by atoms with Crippen LogP contribution in [0, 0.1) is 0 Å². The highest BCUT2D eigenvalue weighted by Crippen LogP contribution is 2.22. The van der Waals surface area contributed by atoms with E-state index in [0.29, 0.717) is 23.1 Å². The Bertz CT molecular complexity index is 3640. The van der Waals surface area contributed by atoms with Gasteiger partial charge in [0.05, 0.1) is 31.8 Å². The number of unbranched alkanes of at least 4 members (excludes halogenated alkanes) is 1. The van der Waals surface area contributed by atoms with Gasteiger partial charge < -0.3 is 112 Å². The van der Waals surface area contributed by atoms with E-state index in [1.807, 2.05) is 0 Å². The number of benzene rings is 3. The summed E-state index contributed by atoms with van der Waals surface area (Å²) in [5, 5.41) is 76.1. The highest BCUT2D eigenvalue weighted by atomic mass is 16.4. The minimum atomic E-state index is -1.93. The second-order valence-electron chi connectivity index (χ2n) is 25.4. The predicted octanol–water partition coefficient (Wildman–Crippen LogP) is -5.69. The average Bonchev–Trinajstić information content (AvgIpc) is 1.62. The molecule has 11 atom stereocenters. The van der Waals surface area contributed by atoms with Gasteiger partial charge in [0.2, 0.25) is 82.7 Å². The maximum Gasteiger partial charge on any atom is 0.326 e. The summed E-state index contributed by atoms with van der Waals surface area (Å²) in [5.74, 6) is -19.4. The van der Waals surface area contributed by atoms with Gasteiger partial charge in [-0.3, -0.25) is 76.7 Å². The van der Waals surface area contributed by atoms with E-state index >= 15 is 0 Å². The number of hydrogen-bond donors (Lipinski definition) is 20. The van der Waals surface area contributed by atoms with Gasteiger partial charge in [-0.15, -0.1) is 0 Å². The Hall–Kier alpha value is -11.8. The van der Waals surface area contributed by atoms with Crippen molar-refractivity contribution in [2.24, 2.45) is 22.9 Å². The molecule has 576 valence electrons. The Morgan fingerprint density at radius 1 is 0.557 bits per heavy atom. The number of carboxylic acids is 3. The first-order chi connectivity index (χ1) is 50.3. The third-order valence-electron chi connectivity index (χ3n) is 17.0. The lowest BCUT2D eigenvalue weighted by Crippen LogP contribution is -2.61. The van der Waals surface area contributed by atoms with Crippen molar-refractivity contribution >= 4 is 101 Å². The average molecular weight is 1490 g/mol. The Morgan fingerprint density at radius 2 is 1.10 bits per heavy atom. The Kier molecular flexibility index (Phi) is 34.2. The third-order valence-corrected chi connectivity index (χ3v) is 17.0. The molecule has 0 bridgehead atoms. The molecule has 0 unspecified atom stereocenters. The Labute approximate surface area is 607 Å². The summed E-state index contributed by atoms with van der Waals surface area (Å²) >= 11 is 0. The van der Waals surface area contributed by atoms with Crippen LogP contribution in [0.2, 0.25) is 0 Å². The number of carbonyl (C=O) groups excluding carboxylic acids is 14. The first-order valence-electron chi connectivity index (χ1n) is 34.2. The maximum atomic E-state index is 14.9. The second-order valence-corrected chi connectivity index (χ2v) is 25.4. The van der Waals surface area contributed by atoms with Crippen LogP contribution in [0.3, 0.4) is 0 Å². The van der Waals surface area contributed by atoms with Crippen LogP contribution in [0.15, 0.2) is 78.9 Å². The number of nitrogens with two attached hydrogens (primary N) is 4. The molecular weight excluding hydrogens is 1390 g/mol. The molecule has 2 aliphatic rings. The van der Waals surface area contributed by atoms with E-state index in [1.54, 1.807) is 30.3 Å². The second kappa shape index (κ2) is 42.7. The van der Waals surface area contributed by atoms with Crippen molar-refractivity contribution in [2.45, 2.75) is 182 Å². The number of likely N-dealkylation sites (tertiary alicyclic amines) is 1. The van der Waals surface area contributed by atoms with Crippen LogP contribution in [0.1, 0.15) is 113 Å². The summed E-state index contributed by atoms with van der Waals surface area (Å²) in [6, 6.07) is 0.652. The zero-order chi connectivity index (χ0) is 78.2. The third kappa shape index (κ3) is 29.1. The molecule has 24 N–H and O–H groups in total. The molecule has 0 saturated carbocycles. The number of phenolic OH excluding ortho intramolecular Hbond substituents is 2. The number of hydrogen-bond acceptors (Lipinski definition) is 21. The van der Waals surface area contributed by atoms with Gasteiger partial charge in [0.25, 0.3) is 0 Å². The Balaban J connectivity index is 1.48. The van der Waals surface area contributed by atoms with Gasteiger partial charge in [-0.05, 0) is 112 Å². The first-order valence-corrected chi connectivity index (χ1v) is 34.2. The Morgan fingerprint density at radius 3 is 1.70 bits per heavy atom. The molecule has 2 saturated heterocycles. The lowest BCUT2D eigenvalue weighted by molar-refractivity contribution is -0.144. The fourth-order valence-corrected chi connectivity index (χ4v) is 11.4. The van der Waals surface area contributed by atoms with Gasteiger partial charge in [0, 0.05) is 45.2 Å². The number of nitrogens with zero attached hydrogens (tertiary/aromatic N) is 1. The molecule has 3 aromatic rings. The summed E-state index contributed by atoms with van der Waals surface area (Å²) < 4.78 is 0. The molecule has 0 aliphatic carbocycles. The van der Waals surface area contributed by atoms with Crippen molar-refractivity contribution in [1.29, 1.82) is 0 Å². The summed E-state index contributed by atoms with van der Waals surface area (Å²) in [6.45, 7) is -1.08. The molecule has 0 spiro atoms. The van der Waals surface area contributed by atoms with Crippen LogP contribution < -0.4 is 81.4 Å². The molecule has 14 amide bonds. The molecule has 2 heterocycles. The van der Waals surface area contributed by atoms with E-state index in [1.165, 1.54) is 48.5 Å². The van der Waals surface area contributed by atoms with Crippen molar-refractivity contribution in [2.75, 3.05) is 26.2 Å². The van der Waals surface area contributed by atoms with E-state index in [4.69, 9.17) is 22.9 Å². The van der Waals surface area contributed by atoms with Crippen LogP contribution in [0.25, 0.3) is 0 Å². The number of phenols is 2. The lowest BCUT2D eigenvalue weighted by atomic mass is 10.0. The number of carbonyl (C=O) groups is 17. The molecule has 0 radical (unpaired) electrons. The molecule has 0 aromatic heterocycles. The lowest BCUT2D eigenvalue weighted by Gasteiger charge is -2.31. The van der Waals surface area contributed by atoms with Crippen molar-refractivity contribution in [3.63, 3.8) is 0 Å². The molecule has 2 fully saturated rings. The molecule has 106 heavy (non-hydrogen) atoms. The monoisotopic (exact) mass is 1480 g/mol. The number of nitrogens with one attached hydrogen (secondary N) is 11. The molecule has 38 heteroatoms. The molecule has 38 nitrogen and oxygen atoms in total. The SMILES string of the molecule is NCCCC[C@@H]1NC(=O)[C@H](Cc2ccc(O)cc2)NC(=O)[C@@H](NC(=O)[C@@H]2CCCN2C(=O)[C@@H](CC(N)=O)NC(=O)[C@@H](CCC(=O)O)NC(=O)[C@@H](Cc2ccc(O)cc2)NC(=O)CNC(=O)[C@H](N)CC(N)=O)CCCCNC(=O)C[C@@H](C(=O)N[C@H](CCC(=O)O)C(=O)O)NC(=O)[C@H](Cc2ccccc2)NC1=O. The van der Waals surface area contributed by atoms with E-state index in [9.17, 15) is 107 Å². The van der Waals surface area contributed by atoms with Gasteiger partial charge in [-0.25, -0.2) is 4.79 Å². The van der Waals surface area contributed by atoms with E-state index in [0.717, 1.165) is 4.90 Å². The summed E-state index contributed by atoms with van der Waals surface area (Å²) in [7, 11) is 0. The van der Waals surface area contributed by atoms with Gasteiger partial charge in [0.15, 0.2) is 0 Å².